The molecule has 0 aliphatic carbocycles. The van der Waals surface area contributed by atoms with Crippen molar-refractivity contribution in [1.82, 2.24) is 10.2 Å². The number of hydrogen-bond donors (Lipinski definition) is 1. The van der Waals surface area contributed by atoms with Crippen molar-refractivity contribution in [3.05, 3.63) is 35.4 Å². The van der Waals surface area contributed by atoms with Crippen LogP contribution in [0.5, 0.6) is 0 Å². The van der Waals surface area contributed by atoms with Crippen LogP contribution in [-0.4, -0.2) is 43.3 Å². The smallest absolute Gasteiger partial charge is 0.253 e. The third-order valence-corrected chi connectivity index (χ3v) is 3.84. The Hall–Kier alpha value is -1.68. The van der Waals surface area contributed by atoms with Crippen molar-refractivity contribution in [3.63, 3.8) is 0 Å². The van der Waals surface area contributed by atoms with Crippen molar-refractivity contribution in [3.8, 4) is 0 Å². The summed E-state index contributed by atoms with van der Waals surface area (Å²) in [4.78, 5) is 25.8. The molecule has 2 rings (SSSR count). The highest BCUT2D eigenvalue weighted by atomic mass is 16.2. The minimum absolute atomic E-state index is 0.0686. The molecule has 0 aromatic heterocycles. The van der Waals surface area contributed by atoms with E-state index < -0.39 is 0 Å². The number of likely N-dealkylation sites (tertiary alicyclic amines) is 1. The number of amides is 1. The minimum Gasteiger partial charge on any atom is -0.338 e. The molecule has 1 aromatic rings. The summed E-state index contributed by atoms with van der Waals surface area (Å²) in [6, 6.07) is 7.02. The quantitative estimate of drug-likeness (QED) is 0.835. The molecule has 0 spiro atoms. The van der Waals surface area contributed by atoms with E-state index in [0.29, 0.717) is 23.5 Å². The standard InChI is InChI=1S/C16H22N2O2/c1-3-15(19)13-4-6-14(7-5-13)16(20)18-9-8-12(11-18)10-17-2/h4-7,12,17H,3,8-11H2,1-2H3. The van der Waals surface area contributed by atoms with Gasteiger partial charge in [0.2, 0.25) is 0 Å². The summed E-state index contributed by atoms with van der Waals surface area (Å²) < 4.78 is 0. The van der Waals surface area contributed by atoms with Crippen molar-refractivity contribution in [1.29, 1.82) is 0 Å². The summed E-state index contributed by atoms with van der Waals surface area (Å²) in [6.07, 6.45) is 1.55. The topological polar surface area (TPSA) is 49.4 Å². The Morgan fingerprint density at radius 1 is 1.25 bits per heavy atom. The monoisotopic (exact) mass is 274 g/mol. The minimum atomic E-state index is 0.0686. The van der Waals surface area contributed by atoms with E-state index in [1.807, 2.05) is 18.9 Å². The molecule has 1 N–H and O–H groups in total. The molecule has 0 bridgehead atoms. The second-order valence-corrected chi connectivity index (χ2v) is 5.32. The molecule has 0 saturated carbocycles. The van der Waals surface area contributed by atoms with E-state index in [1.165, 1.54) is 0 Å². The van der Waals surface area contributed by atoms with E-state index in [1.54, 1.807) is 24.3 Å². The maximum Gasteiger partial charge on any atom is 0.253 e. The molecule has 1 saturated heterocycles. The van der Waals surface area contributed by atoms with Crippen LogP contribution in [0.3, 0.4) is 0 Å². The Balaban J connectivity index is 2.01. The lowest BCUT2D eigenvalue weighted by Gasteiger charge is -2.16. The van der Waals surface area contributed by atoms with Gasteiger partial charge in [0.1, 0.15) is 0 Å². The SMILES string of the molecule is CCC(=O)c1ccc(C(=O)N2CCC(CNC)C2)cc1. The first kappa shape index (κ1) is 14.7. The molecule has 1 heterocycles. The van der Waals surface area contributed by atoms with E-state index in [9.17, 15) is 9.59 Å². The fraction of sp³-hybridized carbons (Fsp3) is 0.500. The number of rotatable bonds is 5. The lowest BCUT2D eigenvalue weighted by Crippen LogP contribution is -2.30. The van der Waals surface area contributed by atoms with Crippen LogP contribution in [0.25, 0.3) is 0 Å². The molecule has 1 aromatic carbocycles. The van der Waals surface area contributed by atoms with E-state index >= 15 is 0 Å². The van der Waals surface area contributed by atoms with Crippen LogP contribution in [0.2, 0.25) is 0 Å². The molecule has 20 heavy (non-hydrogen) atoms. The van der Waals surface area contributed by atoms with E-state index in [0.717, 1.165) is 26.1 Å². The molecule has 0 radical (unpaired) electrons. The molecular weight excluding hydrogens is 252 g/mol. The highest BCUT2D eigenvalue weighted by Gasteiger charge is 2.26. The Morgan fingerprint density at radius 3 is 2.50 bits per heavy atom. The Morgan fingerprint density at radius 2 is 1.90 bits per heavy atom. The molecule has 4 heteroatoms. The van der Waals surface area contributed by atoms with Gasteiger partial charge in [-0.05, 0) is 38.1 Å². The maximum atomic E-state index is 12.4. The summed E-state index contributed by atoms with van der Waals surface area (Å²) in [7, 11) is 1.94. The van der Waals surface area contributed by atoms with Crippen molar-refractivity contribution in [2.45, 2.75) is 19.8 Å². The van der Waals surface area contributed by atoms with E-state index in [2.05, 4.69) is 5.32 Å². The van der Waals surface area contributed by atoms with Gasteiger partial charge in [-0.1, -0.05) is 19.1 Å². The van der Waals surface area contributed by atoms with Crippen LogP contribution in [0.15, 0.2) is 24.3 Å². The first-order valence-electron chi connectivity index (χ1n) is 7.22. The first-order valence-corrected chi connectivity index (χ1v) is 7.22. The second kappa shape index (κ2) is 6.66. The number of nitrogens with zero attached hydrogens (tertiary/aromatic N) is 1. The van der Waals surface area contributed by atoms with Crippen LogP contribution in [-0.2, 0) is 0 Å². The van der Waals surface area contributed by atoms with Crippen molar-refractivity contribution >= 4 is 11.7 Å². The van der Waals surface area contributed by atoms with Gasteiger partial charge in [0.05, 0.1) is 0 Å². The second-order valence-electron chi connectivity index (χ2n) is 5.32. The average Bonchev–Trinajstić information content (AvgIpc) is 2.95. The lowest BCUT2D eigenvalue weighted by atomic mass is 10.1. The summed E-state index contributed by atoms with van der Waals surface area (Å²) in [5.41, 5.74) is 1.35. The molecule has 1 aliphatic rings. The van der Waals surface area contributed by atoms with Crippen molar-refractivity contribution in [2.24, 2.45) is 5.92 Å². The van der Waals surface area contributed by atoms with Crippen LogP contribution in [0.1, 0.15) is 40.5 Å². The zero-order valence-electron chi connectivity index (χ0n) is 12.2. The van der Waals surface area contributed by atoms with Crippen molar-refractivity contribution < 1.29 is 9.59 Å². The Labute approximate surface area is 120 Å². The maximum absolute atomic E-state index is 12.4. The third-order valence-electron chi connectivity index (χ3n) is 3.84. The van der Waals surface area contributed by atoms with E-state index in [4.69, 9.17) is 0 Å². The van der Waals surface area contributed by atoms with Crippen LogP contribution < -0.4 is 5.32 Å². The molecule has 1 fully saturated rings. The van der Waals surface area contributed by atoms with Crippen molar-refractivity contribution in [2.75, 3.05) is 26.7 Å². The highest BCUT2D eigenvalue weighted by Crippen LogP contribution is 2.18. The number of benzene rings is 1. The number of nitrogens with one attached hydrogen (secondary N) is 1. The summed E-state index contributed by atoms with van der Waals surface area (Å²) >= 11 is 0. The molecule has 1 atom stereocenters. The summed E-state index contributed by atoms with van der Waals surface area (Å²) in [5.74, 6) is 0.725. The molecular formula is C16H22N2O2. The van der Waals surface area contributed by atoms with Gasteiger partial charge in [-0.25, -0.2) is 0 Å². The van der Waals surface area contributed by atoms with Gasteiger partial charge in [-0.2, -0.15) is 0 Å². The Bertz CT molecular complexity index is 482. The zero-order valence-corrected chi connectivity index (χ0v) is 12.2. The first-order chi connectivity index (χ1) is 9.65. The van der Waals surface area contributed by atoms with Crippen LogP contribution in [0, 0.1) is 5.92 Å². The van der Waals surface area contributed by atoms with Crippen LogP contribution in [0.4, 0.5) is 0 Å². The number of ketones is 1. The molecule has 1 aliphatic heterocycles. The van der Waals surface area contributed by atoms with E-state index in [-0.39, 0.29) is 11.7 Å². The van der Waals surface area contributed by atoms with Crippen LogP contribution >= 0.6 is 0 Å². The molecule has 108 valence electrons. The predicted octanol–water partition coefficient (Wildman–Crippen LogP) is 1.96. The predicted molar refractivity (Wildman–Crippen MR) is 79.0 cm³/mol. The van der Waals surface area contributed by atoms with Gasteiger partial charge in [-0.3, -0.25) is 9.59 Å². The zero-order chi connectivity index (χ0) is 14.5. The highest BCUT2D eigenvalue weighted by molar-refractivity contribution is 5.98. The van der Waals surface area contributed by atoms with Gasteiger partial charge < -0.3 is 10.2 Å². The fourth-order valence-corrected chi connectivity index (χ4v) is 2.66. The van der Waals surface area contributed by atoms with Gasteiger partial charge in [0.25, 0.3) is 5.91 Å². The molecule has 1 amide bonds. The van der Waals surface area contributed by atoms with Gasteiger partial charge in [0, 0.05) is 30.6 Å². The van der Waals surface area contributed by atoms with Gasteiger partial charge in [-0.15, -0.1) is 0 Å². The normalized spacial score (nSPS) is 18.3. The molecule has 1 unspecified atom stereocenters. The number of carbonyl (C=O) groups is 2. The average molecular weight is 274 g/mol. The van der Waals surface area contributed by atoms with Gasteiger partial charge >= 0.3 is 0 Å². The fourth-order valence-electron chi connectivity index (χ4n) is 2.66. The summed E-state index contributed by atoms with van der Waals surface area (Å²) in [6.45, 7) is 4.43. The molecule has 4 nitrogen and oxygen atoms in total. The third kappa shape index (κ3) is 3.25. The number of carbonyl (C=O) groups excluding carboxylic acids is 2. The largest absolute Gasteiger partial charge is 0.338 e. The lowest BCUT2D eigenvalue weighted by molar-refractivity contribution is 0.0786. The summed E-state index contributed by atoms with van der Waals surface area (Å²) in [5, 5.41) is 3.16. The Kier molecular flexibility index (Phi) is 4.90. The number of hydrogen-bond acceptors (Lipinski definition) is 3. The van der Waals surface area contributed by atoms with Gasteiger partial charge in [0.15, 0.2) is 5.78 Å². The number of Topliss-reactive ketones (excluding diaryl/α,β-unsaturated/α-hetero) is 1.